The zero-order valence-corrected chi connectivity index (χ0v) is 17.7. The Morgan fingerprint density at radius 1 is 1.00 bits per heavy atom. The number of ether oxygens (including phenoxy) is 2. The number of Topliss-reactive ketones (excluding diaryl/α,β-unsaturated/α-hetero) is 1. The number of anilines is 1. The van der Waals surface area contributed by atoms with E-state index in [2.05, 4.69) is 4.72 Å². The topological polar surface area (TPSA) is 98.8 Å². The summed E-state index contributed by atoms with van der Waals surface area (Å²) in [7, 11) is -3.40. The van der Waals surface area contributed by atoms with Gasteiger partial charge in [0.1, 0.15) is 5.75 Å². The lowest BCUT2D eigenvalue weighted by Crippen LogP contribution is -2.24. The van der Waals surface area contributed by atoms with Gasteiger partial charge in [0, 0.05) is 11.3 Å². The fourth-order valence-corrected chi connectivity index (χ4v) is 2.97. The standard InChI is InChI=1S/C21H25NO6S/c1-14(2)13-27-19-7-5-6-17(12-19)21(24)28-15(3)20(23)16-8-10-18(11-9-16)22-29(4,25)26/h5-12,14-15,22H,13H2,1-4H3/t15-/m1/s1. The largest absolute Gasteiger partial charge is 0.493 e. The Hall–Kier alpha value is -2.87. The number of ketones is 1. The molecule has 1 N–H and O–H groups in total. The van der Waals surface area contributed by atoms with Gasteiger partial charge in [-0.2, -0.15) is 0 Å². The van der Waals surface area contributed by atoms with Crippen molar-refractivity contribution >= 4 is 27.5 Å². The summed E-state index contributed by atoms with van der Waals surface area (Å²) in [6.45, 7) is 6.06. The van der Waals surface area contributed by atoms with Gasteiger partial charge in [0.15, 0.2) is 6.10 Å². The predicted octanol–water partition coefficient (Wildman–Crippen LogP) is 3.52. The Labute approximate surface area is 171 Å². The number of rotatable bonds is 9. The molecule has 29 heavy (non-hydrogen) atoms. The summed E-state index contributed by atoms with van der Waals surface area (Å²) in [4.78, 5) is 24.9. The van der Waals surface area contributed by atoms with Crippen LogP contribution in [-0.4, -0.2) is 39.1 Å². The third-order valence-corrected chi connectivity index (χ3v) is 4.39. The van der Waals surface area contributed by atoms with Gasteiger partial charge in [-0.15, -0.1) is 0 Å². The Bertz CT molecular complexity index is 967. The van der Waals surface area contributed by atoms with Crippen LogP contribution in [0.1, 0.15) is 41.5 Å². The van der Waals surface area contributed by atoms with Gasteiger partial charge in [-0.3, -0.25) is 9.52 Å². The van der Waals surface area contributed by atoms with E-state index in [-0.39, 0.29) is 0 Å². The summed E-state index contributed by atoms with van der Waals surface area (Å²) in [5, 5.41) is 0. The second-order valence-corrected chi connectivity index (χ2v) is 8.84. The minimum Gasteiger partial charge on any atom is -0.493 e. The van der Waals surface area contributed by atoms with E-state index in [4.69, 9.17) is 9.47 Å². The van der Waals surface area contributed by atoms with Gasteiger partial charge in [-0.25, -0.2) is 13.2 Å². The van der Waals surface area contributed by atoms with Gasteiger partial charge in [-0.05, 0) is 55.3 Å². The fourth-order valence-electron chi connectivity index (χ4n) is 2.41. The molecule has 156 valence electrons. The van der Waals surface area contributed by atoms with Crippen LogP contribution in [0.25, 0.3) is 0 Å². The van der Waals surface area contributed by atoms with E-state index >= 15 is 0 Å². The highest BCUT2D eigenvalue weighted by Gasteiger charge is 2.21. The molecule has 0 aliphatic rings. The molecule has 0 aliphatic heterocycles. The molecule has 0 spiro atoms. The highest BCUT2D eigenvalue weighted by Crippen LogP contribution is 2.17. The van der Waals surface area contributed by atoms with Crippen LogP contribution < -0.4 is 9.46 Å². The van der Waals surface area contributed by atoms with Crippen molar-refractivity contribution in [1.82, 2.24) is 0 Å². The minimum absolute atomic E-state index is 0.290. The van der Waals surface area contributed by atoms with Gasteiger partial charge >= 0.3 is 5.97 Å². The molecule has 0 bridgehead atoms. The Morgan fingerprint density at radius 2 is 1.66 bits per heavy atom. The number of benzene rings is 2. The van der Waals surface area contributed by atoms with Crippen molar-refractivity contribution in [2.45, 2.75) is 26.9 Å². The quantitative estimate of drug-likeness (QED) is 0.493. The fraction of sp³-hybridized carbons (Fsp3) is 0.333. The molecule has 0 saturated carbocycles. The molecule has 2 aromatic rings. The van der Waals surface area contributed by atoms with E-state index in [0.717, 1.165) is 6.26 Å². The first kappa shape index (κ1) is 22.4. The first-order chi connectivity index (χ1) is 13.5. The predicted molar refractivity (Wildman–Crippen MR) is 111 cm³/mol. The number of carbonyl (C=O) groups excluding carboxylic acids is 2. The van der Waals surface area contributed by atoms with Crippen LogP contribution in [-0.2, 0) is 14.8 Å². The molecule has 0 radical (unpaired) electrons. The number of hydrogen-bond acceptors (Lipinski definition) is 6. The third-order valence-electron chi connectivity index (χ3n) is 3.78. The molecule has 0 unspecified atom stereocenters. The first-order valence-electron chi connectivity index (χ1n) is 9.11. The molecule has 2 rings (SSSR count). The van der Waals surface area contributed by atoms with E-state index in [0.29, 0.717) is 35.1 Å². The molecule has 0 heterocycles. The lowest BCUT2D eigenvalue weighted by atomic mass is 10.1. The third kappa shape index (κ3) is 7.23. The van der Waals surface area contributed by atoms with Crippen molar-refractivity contribution < 1.29 is 27.5 Å². The van der Waals surface area contributed by atoms with Gasteiger partial charge < -0.3 is 9.47 Å². The number of hydrogen-bond donors (Lipinski definition) is 1. The van der Waals surface area contributed by atoms with Gasteiger partial charge in [0.05, 0.1) is 18.4 Å². The summed E-state index contributed by atoms with van der Waals surface area (Å²) < 4.78 is 35.7. The number of carbonyl (C=O) groups is 2. The minimum atomic E-state index is -3.40. The van der Waals surface area contributed by atoms with Gasteiger partial charge in [0.25, 0.3) is 0 Å². The highest BCUT2D eigenvalue weighted by molar-refractivity contribution is 7.92. The lowest BCUT2D eigenvalue weighted by Gasteiger charge is -2.14. The second kappa shape index (κ2) is 9.56. The summed E-state index contributed by atoms with van der Waals surface area (Å²) in [5.41, 5.74) is 0.934. The van der Waals surface area contributed by atoms with Crippen LogP contribution in [0.15, 0.2) is 48.5 Å². The summed E-state index contributed by atoms with van der Waals surface area (Å²) >= 11 is 0. The summed E-state index contributed by atoms with van der Waals surface area (Å²) in [5.74, 6) is -0.115. The monoisotopic (exact) mass is 419 g/mol. The average Bonchev–Trinajstić information content (AvgIpc) is 2.65. The lowest BCUT2D eigenvalue weighted by molar-refractivity contribution is 0.0318. The Kier molecular flexibility index (Phi) is 7.39. The molecule has 0 amide bonds. The second-order valence-electron chi connectivity index (χ2n) is 7.10. The molecule has 0 fully saturated rings. The van der Waals surface area contributed by atoms with Gasteiger partial charge in [-0.1, -0.05) is 19.9 Å². The zero-order chi connectivity index (χ0) is 21.6. The van der Waals surface area contributed by atoms with Crippen molar-refractivity contribution in [3.8, 4) is 5.75 Å². The molecule has 0 aliphatic carbocycles. The van der Waals surface area contributed by atoms with Crippen molar-refractivity contribution in [3.05, 3.63) is 59.7 Å². The first-order valence-corrected chi connectivity index (χ1v) is 11.0. The van der Waals surface area contributed by atoms with Crippen molar-refractivity contribution in [1.29, 1.82) is 0 Å². The van der Waals surface area contributed by atoms with Crippen LogP contribution in [0.5, 0.6) is 5.75 Å². The van der Waals surface area contributed by atoms with E-state index in [1.54, 1.807) is 24.3 Å². The number of nitrogens with one attached hydrogen (secondary N) is 1. The van der Waals surface area contributed by atoms with Crippen LogP contribution >= 0.6 is 0 Å². The molecule has 2 aromatic carbocycles. The van der Waals surface area contributed by atoms with Crippen LogP contribution in [0.3, 0.4) is 0 Å². The zero-order valence-electron chi connectivity index (χ0n) is 16.8. The highest BCUT2D eigenvalue weighted by atomic mass is 32.2. The number of esters is 1. The molecular formula is C21H25NO6S. The number of sulfonamides is 1. The maximum Gasteiger partial charge on any atom is 0.338 e. The molecule has 7 nitrogen and oxygen atoms in total. The van der Waals surface area contributed by atoms with Crippen LogP contribution in [0, 0.1) is 5.92 Å². The maximum atomic E-state index is 12.5. The molecule has 0 aromatic heterocycles. The molecule has 8 heteroatoms. The summed E-state index contributed by atoms with van der Waals surface area (Å²) in [6.07, 6.45) is 0.0349. The molecule has 1 atom stereocenters. The van der Waals surface area contributed by atoms with Crippen molar-refractivity contribution in [3.63, 3.8) is 0 Å². The Balaban J connectivity index is 2.02. The van der Waals surface area contributed by atoms with E-state index in [1.165, 1.54) is 31.2 Å². The van der Waals surface area contributed by atoms with Crippen molar-refractivity contribution in [2.24, 2.45) is 5.92 Å². The average molecular weight is 419 g/mol. The molecule has 0 saturated heterocycles. The van der Waals surface area contributed by atoms with Crippen LogP contribution in [0.4, 0.5) is 5.69 Å². The normalized spacial score (nSPS) is 12.3. The smallest absolute Gasteiger partial charge is 0.338 e. The van der Waals surface area contributed by atoms with Gasteiger partial charge in [0.2, 0.25) is 15.8 Å². The maximum absolute atomic E-state index is 12.5. The SMILES string of the molecule is CC(C)COc1cccc(C(=O)O[C@H](C)C(=O)c2ccc(NS(C)(=O)=O)cc2)c1. The van der Waals surface area contributed by atoms with Crippen molar-refractivity contribution in [2.75, 3.05) is 17.6 Å². The Morgan fingerprint density at radius 3 is 2.24 bits per heavy atom. The van der Waals surface area contributed by atoms with E-state index in [9.17, 15) is 18.0 Å². The summed E-state index contributed by atoms with van der Waals surface area (Å²) in [6, 6.07) is 12.5. The van der Waals surface area contributed by atoms with Crippen LogP contribution in [0.2, 0.25) is 0 Å². The molecular weight excluding hydrogens is 394 g/mol. The van der Waals surface area contributed by atoms with E-state index < -0.39 is 27.9 Å². The van der Waals surface area contributed by atoms with E-state index in [1.807, 2.05) is 13.8 Å².